The number of nitrogens with zero attached hydrogens (tertiary/aromatic N) is 4. The van der Waals surface area contributed by atoms with Gasteiger partial charge < -0.3 is 10.2 Å². The number of amides is 1. The first-order valence-electron chi connectivity index (χ1n) is 9.57. The Bertz CT molecular complexity index is 946. The number of benzene rings is 1. The van der Waals surface area contributed by atoms with Crippen molar-refractivity contribution in [1.82, 2.24) is 19.9 Å². The van der Waals surface area contributed by atoms with Crippen LogP contribution in [0.2, 0.25) is 0 Å². The van der Waals surface area contributed by atoms with Crippen molar-refractivity contribution in [3.63, 3.8) is 0 Å². The standard InChI is InChI=1S/C22H23N5O/c1-16-14-20(25-19-11-5-6-12-23-19)26-21(24-16)18-10-7-13-27(15-18)22(28)17-8-3-2-4-9-17/h2-6,8-9,11-12,14,18H,7,10,13,15H2,1H3,(H,23,24,25,26)/t18-/m0/s1. The number of nitrogens with one attached hydrogen (secondary N) is 1. The van der Waals surface area contributed by atoms with Gasteiger partial charge in [-0.1, -0.05) is 24.3 Å². The van der Waals surface area contributed by atoms with E-state index >= 15 is 0 Å². The molecule has 0 spiro atoms. The minimum Gasteiger partial charge on any atom is -0.338 e. The van der Waals surface area contributed by atoms with E-state index in [0.29, 0.717) is 6.54 Å². The second kappa shape index (κ2) is 8.17. The lowest BCUT2D eigenvalue weighted by molar-refractivity contribution is 0.0704. The molecule has 1 aromatic carbocycles. The third-order valence-electron chi connectivity index (χ3n) is 4.89. The van der Waals surface area contributed by atoms with Gasteiger partial charge >= 0.3 is 0 Å². The fourth-order valence-electron chi connectivity index (χ4n) is 3.54. The monoisotopic (exact) mass is 373 g/mol. The molecule has 2 aromatic heterocycles. The molecule has 1 aliphatic heterocycles. The summed E-state index contributed by atoms with van der Waals surface area (Å²) in [7, 11) is 0. The fourth-order valence-corrected chi connectivity index (χ4v) is 3.54. The second-order valence-electron chi connectivity index (χ2n) is 7.05. The summed E-state index contributed by atoms with van der Waals surface area (Å²) < 4.78 is 0. The molecule has 3 heterocycles. The summed E-state index contributed by atoms with van der Waals surface area (Å²) in [6, 6.07) is 17.1. The Morgan fingerprint density at radius 1 is 1.07 bits per heavy atom. The molecule has 4 rings (SSSR count). The van der Waals surface area contributed by atoms with Crippen LogP contribution in [0.15, 0.2) is 60.8 Å². The molecule has 0 bridgehead atoms. The van der Waals surface area contributed by atoms with Crippen LogP contribution in [0.25, 0.3) is 0 Å². The molecule has 1 N–H and O–H groups in total. The van der Waals surface area contributed by atoms with Crippen LogP contribution in [0, 0.1) is 6.92 Å². The van der Waals surface area contributed by atoms with Gasteiger partial charge in [-0.25, -0.2) is 15.0 Å². The Labute approximate surface area is 164 Å². The van der Waals surface area contributed by atoms with Crippen LogP contribution in [0.5, 0.6) is 0 Å². The summed E-state index contributed by atoms with van der Waals surface area (Å²) in [6.07, 6.45) is 3.67. The summed E-state index contributed by atoms with van der Waals surface area (Å²) in [4.78, 5) is 28.4. The molecule has 6 nitrogen and oxygen atoms in total. The number of aromatic nitrogens is 3. The zero-order valence-electron chi connectivity index (χ0n) is 15.9. The predicted molar refractivity (Wildman–Crippen MR) is 109 cm³/mol. The largest absolute Gasteiger partial charge is 0.338 e. The van der Waals surface area contributed by atoms with Crippen molar-refractivity contribution < 1.29 is 4.79 Å². The normalized spacial score (nSPS) is 16.6. The highest BCUT2D eigenvalue weighted by molar-refractivity contribution is 5.94. The maximum atomic E-state index is 12.8. The lowest BCUT2D eigenvalue weighted by atomic mass is 9.96. The SMILES string of the molecule is Cc1cc(Nc2ccccn2)nc([C@H]2CCCN(C(=O)c3ccccc3)C2)n1. The summed E-state index contributed by atoms with van der Waals surface area (Å²) >= 11 is 0. The number of piperidine rings is 1. The average molecular weight is 373 g/mol. The topological polar surface area (TPSA) is 71.0 Å². The lowest BCUT2D eigenvalue weighted by Gasteiger charge is -2.32. The minimum atomic E-state index is 0.0739. The van der Waals surface area contributed by atoms with Crippen LogP contribution in [0.3, 0.4) is 0 Å². The molecule has 1 atom stereocenters. The van der Waals surface area contributed by atoms with E-state index in [2.05, 4.69) is 15.3 Å². The van der Waals surface area contributed by atoms with Crippen molar-refractivity contribution >= 4 is 17.5 Å². The number of rotatable bonds is 4. The Morgan fingerprint density at radius 2 is 1.89 bits per heavy atom. The number of carbonyl (C=O) groups excluding carboxylic acids is 1. The molecule has 6 heteroatoms. The Morgan fingerprint density at radius 3 is 2.68 bits per heavy atom. The summed E-state index contributed by atoms with van der Waals surface area (Å²) in [5.41, 5.74) is 1.63. The number of hydrogen-bond acceptors (Lipinski definition) is 5. The van der Waals surface area contributed by atoms with E-state index in [4.69, 9.17) is 4.98 Å². The molecule has 0 radical (unpaired) electrons. The van der Waals surface area contributed by atoms with Gasteiger partial charge in [0, 0.05) is 42.5 Å². The number of pyridine rings is 1. The van der Waals surface area contributed by atoms with Crippen LogP contribution >= 0.6 is 0 Å². The van der Waals surface area contributed by atoms with E-state index < -0.39 is 0 Å². The van der Waals surface area contributed by atoms with Crippen LogP contribution < -0.4 is 5.32 Å². The Kier molecular flexibility index (Phi) is 5.28. The number of carbonyl (C=O) groups is 1. The van der Waals surface area contributed by atoms with Gasteiger partial charge in [-0.2, -0.15) is 0 Å². The van der Waals surface area contributed by atoms with E-state index in [0.717, 1.165) is 48.1 Å². The van der Waals surface area contributed by atoms with Crippen molar-refractivity contribution in [2.24, 2.45) is 0 Å². The van der Waals surface area contributed by atoms with Gasteiger partial charge in [0.05, 0.1) is 0 Å². The first-order valence-corrected chi connectivity index (χ1v) is 9.57. The molecule has 142 valence electrons. The van der Waals surface area contributed by atoms with Gasteiger partial charge in [0.15, 0.2) is 0 Å². The average Bonchev–Trinajstić information content (AvgIpc) is 2.74. The van der Waals surface area contributed by atoms with Gasteiger partial charge in [-0.15, -0.1) is 0 Å². The smallest absolute Gasteiger partial charge is 0.253 e. The molecule has 1 saturated heterocycles. The molecule has 1 fully saturated rings. The summed E-state index contributed by atoms with van der Waals surface area (Å²) in [6.45, 7) is 3.37. The molecular weight excluding hydrogens is 350 g/mol. The van der Waals surface area contributed by atoms with Crippen LogP contribution in [-0.4, -0.2) is 38.8 Å². The number of hydrogen-bond donors (Lipinski definition) is 1. The van der Waals surface area contributed by atoms with Crippen LogP contribution in [-0.2, 0) is 0 Å². The van der Waals surface area contributed by atoms with Crippen molar-refractivity contribution in [2.75, 3.05) is 18.4 Å². The zero-order valence-corrected chi connectivity index (χ0v) is 15.9. The van der Waals surface area contributed by atoms with E-state index in [1.807, 2.05) is 66.4 Å². The van der Waals surface area contributed by atoms with Gasteiger partial charge in [-0.05, 0) is 44.0 Å². The van der Waals surface area contributed by atoms with Gasteiger partial charge in [0.25, 0.3) is 5.91 Å². The van der Waals surface area contributed by atoms with Crippen molar-refractivity contribution in [3.8, 4) is 0 Å². The van der Waals surface area contributed by atoms with Crippen LogP contribution in [0.1, 0.15) is 40.6 Å². The summed E-state index contributed by atoms with van der Waals surface area (Å²) in [5, 5.41) is 3.24. The van der Waals surface area contributed by atoms with E-state index in [1.54, 1.807) is 6.20 Å². The third-order valence-corrected chi connectivity index (χ3v) is 4.89. The lowest BCUT2D eigenvalue weighted by Crippen LogP contribution is -2.39. The molecule has 1 aliphatic rings. The predicted octanol–water partition coefficient (Wildman–Crippen LogP) is 3.94. The zero-order chi connectivity index (χ0) is 19.3. The number of anilines is 2. The second-order valence-corrected chi connectivity index (χ2v) is 7.05. The quantitative estimate of drug-likeness (QED) is 0.750. The van der Waals surface area contributed by atoms with E-state index in [9.17, 15) is 4.79 Å². The van der Waals surface area contributed by atoms with Crippen molar-refractivity contribution in [2.45, 2.75) is 25.7 Å². The molecule has 0 saturated carbocycles. The molecule has 1 amide bonds. The maximum Gasteiger partial charge on any atom is 0.253 e. The molecule has 28 heavy (non-hydrogen) atoms. The van der Waals surface area contributed by atoms with Crippen LogP contribution in [0.4, 0.5) is 11.6 Å². The first kappa shape index (κ1) is 18.1. The highest BCUT2D eigenvalue weighted by Crippen LogP contribution is 2.27. The third kappa shape index (κ3) is 4.17. The first-order chi connectivity index (χ1) is 13.7. The summed E-state index contributed by atoms with van der Waals surface area (Å²) in [5.74, 6) is 2.46. The van der Waals surface area contributed by atoms with Gasteiger partial charge in [0.1, 0.15) is 17.5 Å². The Hall–Kier alpha value is -3.28. The van der Waals surface area contributed by atoms with Crippen molar-refractivity contribution in [1.29, 1.82) is 0 Å². The van der Waals surface area contributed by atoms with Gasteiger partial charge in [0.2, 0.25) is 0 Å². The minimum absolute atomic E-state index is 0.0739. The Balaban J connectivity index is 1.52. The van der Waals surface area contributed by atoms with E-state index in [-0.39, 0.29) is 11.8 Å². The highest BCUT2D eigenvalue weighted by Gasteiger charge is 2.27. The molecule has 3 aromatic rings. The molecule has 0 unspecified atom stereocenters. The molecule has 0 aliphatic carbocycles. The maximum absolute atomic E-state index is 12.8. The van der Waals surface area contributed by atoms with E-state index in [1.165, 1.54) is 0 Å². The number of likely N-dealkylation sites (tertiary alicyclic amines) is 1. The highest BCUT2D eigenvalue weighted by atomic mass is 16.2. The molecular formula is C22H23N5O. The fraction of sp³-hybridized carbons (Fsp3) is 0.273. The van der Waals surface area contributed by atoms with Gasteiger partial charge in [-0.3, -0.25) is 4.79 Å². The number of aryl methyl sites for hydroxylation is 1. The van der Waals surface area contributed by atoms with Crippen molar-refractivity contribution in [3.05, 3.63) is 77.9 Å².